The lowest BCUT2D eigenvalue weighted by molar-refractivity contribution is -0.342. The summed E-state index contributed by atoms with van der Waals surface area (Å²) >= 11 is 0. The van der Waals surface area contributed by atoms with Gasteiger partial charge in [0.15, 0.2) is 0 Å². The fourth-order valence-corrected chi connectivity index (χ4v) is 1.90. The van der Waals surface area contributed by atoms with Crippen molar-refractivity contribution in [3.63, 3.8) is 0 Å². The van der Waals surface area contributed by atoms with Crippen LogP contribution in [0.25, 0.3) is 0 Å². The summed E-state index contributed by atoms with van der Waals surface area (Å²) in [7, 11) is 0. The van der Waals surface area contributed by atoms with Crippen LogP contribution >= 0.6 is 0 Å². The maximum atomic E-state index is 9.73. The van der Waals surface area contributed by atoms with Crippen molar-refractivity contribution >= 4 is 0 Å². The van der Waals surface area contributed by atoms with Gasteiger partial charge < -0.3 is 29.9 Å². The highest BCUT2D eigenvalue weighted by Gasteiger charge is 2.55. The lowest BCUT2D eigenvalue weighted by atomic mass is 9.91. The molecule has 0 amide bonds. The predicted molar refractivity (Wildman–Crippen MR) is 47.6 cm³/mol. The second kappa shape index (κ2) is 3.73. The van der Waals surface area contributed by atoms with Crippen LogP contribution in [0.4, 0.5) is 0 Å². The van der Waals surface area contributed by atoms with Gasteiger partial charge in [0.2, 0.25) is 5.79 Å². The topological polar surface area (TPSA) is 99.4 Å². The van der Waals surface area contributed by atoms with Crippen LogP contribution in [0.3, 0.4) is 0 Å². The zero-order valence-corrected chi connectivity index (χ0v) is 7.98. The highest BCUT2D eigenvalue weighted by Crippen LogP contribution is 2.37. The second-order valence-electron chi connectivity index (χ2n) is 3.77. The number of aliphatic hydroxyl groups is 4. The average molecular weight is 218 g/mol. The third-order valence-corrected chi connectivity index (χ3v) is 2.80. The Balaban J connectivity index is 2.19. The van der Waals surface area contributed by atoms with Crippen LogP contribution in [-0.2, 0) is 9.47 Å². The molecule has 0 saturated carbocycles. The predicted octanol–water partition coefficient (Wildman–Crippen LogP) is -1.91. The van der Waals surface area contributed by atoms with Crippen LogP contribution < -0.4 is 0 Å². The zero-order chi connectivity index (χ0) is 11.1. The van der Waals surface area contributed by atoms with Gasteiger partial charge >= 0.3 is 0 Å². The monoisotopic (exact) mass is 218 g/mol. The largest absolute Gasteiger partial charge is 0.467 e. The minimum absolute atomic E-state index is 0.272. The molecule has 0 aromatic rings. The van der Waals surface area contributed by atoms with E-state index in [2.05, 4.69) is 0 Å². The first kappa shape index (κ1) is 10.8. The minimum Gasteiger partial charge on any atom is -0.467 e. The van der Waals surface area contributed by atoms with Crippen LogP contribution in [0.1, 0.15) is 6.42 Å². The fourth-order valence-electron chi connectivity index (χ4n) is 1.90. The summed E-state index contributed by atoms with van der Waals surface area (Å²) in [6.07, 6.45) is -1.73. The molecular weight excluding hydrogens is 204 g/mol. The van der Waals surface area contributed by atoms with E-state index in [1.165, 1.54) is 6.26 Å². The molecule has 0 bridgehead atoms. The van der Waals surface area contributed by atoms with E-state index in [9.17, 15) is 15.3 Å². The highest BCUT2D eigenvalue weighted by molar-refractivity contribution is 5.04. The van der Waals surface area contributed by atoms with E-state index in [-0.39, 0.29) is 6.42 Å². The van der Waals surface area contributed by atoms with Crippen molar-refractivity contribution < 1.29 is 29.9 Å². The number of aliphatic hydroxyl groups excluding tert-OH is 4. The van der Waals surface area contributed by atoms with Gasteiger partial charge in [-0.3, -0.25) is 0 Å². The van der Waals surface area contributed by atoms with Gasteiger partial charge in [-0.25, -0.2) is 0 Å². The molecule has 1 fully saturated rings. The van der Waals surface area contributed by atoms with Gasteiger partial charge in [0, 0.05) is 6.42 Å². The fraction of sp³-hybridized carbons (Fsp3) is 0.778. The molecule has 2 heterocycles. The van der Waals surface area contributed by atoms with E-state index >= 15 is 0 Å². The number of ether oxygens (including phenoxy) is 2. The normalized spacial score (nSPS) is 49.6. The van der Waals surface area contributed by atoms with E-state index in [0.29, 0.717) is 0 Å². The van der Waals surface area contributed by atoms with E-state index in [1.807, 2.05) is 0 Å². The standard InChI is InChI=1S/C9H14O6/c10-4-5-6(11)7(12)8(13)9(15-5)2-1-3-14-9/h1,3,5-8,10-13H,2,4H2/t5-,6+,7+,8-,9-/m1/s1. The van der Waals surface area contributed by atoms with E-state index in [1.54, 1.807) is 6.08 Å². The van der Waals surface area contributed by atoms with Crippen molar-refractivity contribution in [3.05, 3.63) is 12.3 Å². The Morgan fingerprint density at radius 2 is 2.00 bits per heavy atom. The molecular formula is C9H14O6. The lowest BCUT2D eigenvalue weighted by Gasteiger charge is -2.45. The van der Waals surface area contributed by atoms with Crippen LogP contribution in [0.15, 0.2) is 12.3 Å². The molecule has 0 aromatic carbocycles. The Kier molecular flexibility index (Phi) is 2.70. The maximum Gasteiger partial charge on any atom is 0.242 e. The SMILES string of the molecule is OC[C@H]1O[C@]2(CC=CO2)[C@H](O)[C@@H](O)[C@H]1O. The molecule has 1 spiro atoms. The molecule has 2 rings (SSSR count). The first-order valence-electron chi connectivity index (χ1n) is 4.76. The number of hydrogen-bond acceptors (Lipinski definition) is 6. The van der Waals surface area contributed by atoms with Crippen molar-refractivity contribution in [1.82, 2.24) is 0 Å². The molecule has 0 unspecified atom stereocenters. The van der Waals surface area contributed by atoms with Crippen molar-refractivity contribution in [3.8, 4) is 0 Å². The van der Waals surface area contributed by atoms with Crippen molar-refractivity contribution in [2.45, 2.75) is 36.6 Å². The van der Waals surface area contributed by atoms with Gasteiger partial charge in [-0.2, -0.15) is 0 Å². The molecule has 0 aromatic heterocycles. The molecule has 6 nitrogen and oxygen atoms in total. The molecule has 0 radical (unpaired) electrons. The first-order chi connectivity index (χ1) is 7.10. The first-order valence-corrected chi connectivity index (χ1v) is 4.76. The summed E-state index contributed by atoms with van der Waals surface area (Å²) in [5.41, 5.74) is 0. The molecule has 4 N–H and O–H groups in total. The van der Waals surface area contributed by atoms with Gasteiger partial charge in [0.05, 0.1) is 12.9 Å². The summed E-state index contributed by atoms with van der Waals surface area (Å²) in [5.74, 6) is -1.37. The van der Waals surface area contributed by atoms with E-state index in [4.69, 9.17) is 14.6 Å². The Labute approximate surface area is 86.4 Å². The minimum atomic E-state index is -1.39. The van der Waals surface area contributed by atoms with Crippen molar-refractivity contribution in [2.75, 3.05) is 6.61 Å². The van der Waals surface area contributed by atoms with E-state index in [0.717, 1.165) is 0 Å². The Morgan fingerprint density at radius 3 is 2.53 bits per heavy atom. The molecule has 2 aliphatic heterocycles. The van der Waals surface area contributed by atoms with Gasteiger partial charge in [-0.1, -0.05) is 0 Å². The summed E-state index contributed by atoms with van der Waals surface area (Å²) in [4.78, 5) is 0. The lowest BCUT2D eigenvalue weighted by Crippen LogP contribution is -2.64. The molecule has 2 aliphatic rings. The van der Waals surface area contributed by atoms with Crippen molar-refractivity contribution in [1.29, 1.82) is 0 Å². The van der Waals surface area contributed by atoms with Gasteiger partial charge in [0.1, 0.15) is 24.4 Å². The second-order valence-corrected chi connectivity index (χ2v) is 3.77. The summed E-state index contributed by atoms with van der Waals surface area (Å²) < 4.78 is 10.4. The summed E-state index contributed by atoms with van der Waals surface area (Å²) in [6, 6.07) is 0. The van der Waals surface area contributed by atoms with Crippen LogP contribution in [0, 0.1) is 0 Å². The van der Waals surface area contributed by atoms with Gasteiger partial charge in [0.25, 0.3) is 0 Å². The van der Waals surface area contributed by atoms with Crippen LogP contribution in [0.2, 0.25) is 0 Å². The Bertz CT molecular complexity index is 255. The quantitative estimate of drug-likeness (QED) is 0.410. The molecule has 5 atom stereocenters. The Hall–Kier alpha value is -0.660. The smallest absolute Gasteiger partial charge is 0.242 e. The molecule has 0 aliphatic carbocycles. The third kappa shape index (κ3) is 1.54. The van der Waals surface area contributed by atoms with Gasteiger partial charge in [-0.05, 0) is 6.08 Å². The van der Waals surface area contributed by atoms with Gasteiger partial charge in [-0.15, -0.1) is 0 Å². The molecule has 6 heteroatoms. The number of hydrogen-bond donors (Lipinski definition) is 4. The average Bonchev–Trinajstić information content (AvgIpc) is 2.70. The van der Waals surface area contributed by atoms with Crippen LogP contribution in [0.5, 0.6) is 0 Å². The van der Waals surface area contributed by atoms with Crippen molar-refractivity contribution in [2.24, 2.45) is 0 Å². The molecule has 1 saturated heterocycles. The highest BCUT2D eigenvalue weighted by atomic mass is 16.7. The summed E-state index contributed by atoms with van der Waals surface area (Å²) in [6.45, 7) is -0.448. The van der Waals surface area contributed by atoms with Crippen LogP contribution in [-0.4, -0.2) is 57.2 Å². The zero-order valence-electron chi connectivity index (χ0n) is 7.98. The summed E-state index contributed by atoms with van der Waals surface area (Å²) in [5, 5.41) is 37.7. The van der Waals surface area contributed by atoms with E-state index < -0.39 is 36.8 Å². The third-order valence-electron chi connectivity index (χ3n) is 2.80. The molecule has 86 valence electrons. The maximum absolute atomic E-state index is 9.73. The Morgan fingerprint density at radius 1 is 1.27 bits per heavy atom. The number of rotatable bonds is 1. The molecule has 15 heavy (non-hydrogen) atoms.